The Labute approximate surface area is 75.8 Å². The molecular formula is C10H10FNO. The smallest absolute Gasteiger partial charge is 0.220 e. The molecule has 0 saturated carbocycles. The van der Waals surface area contributed by atoms with Crippen LogP contribution in [0.3, 0.4) is 0 Å². The molecule has 0 unspecified atom stereocenters. The number of nitrogens with one attached hydrogen (secondary N) is 1. The molecule has 1 atom stereocenters. The first-order valence-electron chi connectivity index (χ1n) is 4.30. The molecule has 0 radical (unpaired) electrons. The minimum atomic E-state index is -0.243. The number of rotatable bonds is 1. The minimum absolute atomic E-state index is 0.0769. The third kappa shape index (κ3) is 1.69. The Kier molecular flexibility index (Phi) is 2.00. The highest BCUT2D eigenvalue weighted by Gasteiger charge is 2.21. The quantitative estimate of drug-likeness (QED) is 0.699. The Morgan fingerprint density at radius 2 is 2.00 bits per heavy atom. The van der Waals surface area contributed by atoms with E-state index in [1.165, 1.54) is 12.1 Å². The first-order valence-corrected chi connectivity index (χ1v) is 4.30. The molecule has 1 aromatic carbocycles. The van der Waals surface area contributed by atoms with Crippen molar-refractivity contribution in [2.45, 2.75) is 18.9 Å². The maximum absolute atomic E-state index is 12.6. The number of halogens is 1. The third-order valence-corrected chi connectivity index (χ3v) is 2.27. The van der Waals surface area contributed by atoms with E-state index in [0.717, 1.165) is 12.0 Å². The van der Waals surface area contributed by atoms with E-state index in [1.807, 2.05) is 0 Å². The summed E-state index contributed by atoms with van der Waals surface area (Å²) in [5.74, 6) is -0.164. The van der Waals surface area contributed by atoms with E-state index in [0.29, 0.717) is 6.42 Å². The van der Waals surface area contributed by atoms with E-state index in [-0.39, 0.29) is 17.8 Å². The van der Waals surface area contributed by atoms with Crippen LogP contribution in [-0.4, -0.2) is 5.91 Å². The molecule has 1 amide bonds. The van der Waals surface area contributed by atoms with Crippen molar-refractivity contribution in [1.29, 1.82) is 0 Å². The average molecular weight is 179 g/mol. The Morgan fingerprint density at radius 3 is 2.54 bits per heavy atom. The minimum Gasteiger partial charge on any atom is -0.349 e. The summed E-state index contributed by atoms with van der Waals surface area (Å²) >= 11 is 0. The van der Waals surface area contributed by atoms with Gasteiger partial charge >= 0.3 is 0 Å². The van der Waals surface area contributed by atoms with Crippen LogP contribution >= 0.6 is 0 Å². The molecular weight excluding hydrogens is 169 g/mol. The van der Waals surface area contributed by atoms with Gasteiger partial charge in [0.1, 0.15) is 5.82 Å². The van der Waals surface area contributed by atoms with E-state index in [4.69, 9.17) is 0 Å². The largest absolute Gasteiger partial charge is 0.349 e. The van der Waals surface area contributed by atoms with E-state index in [9.17, 15) is 9.18 Å². The van der Waals surface area contributed by atoms with Gasteiger partial charge in [-0.2, -0.15) is 0 Å². The van der Waals surface area contributed by atoms with Gasteiger partial charge in [-0.05, 0) is 24.1 Å². The maximum atomic E-state index is 12.6. The van der Waals surface area contributed by atoms with Crippen molar-refractivity contribution < 1.29 is 9.18 Å². The predicted molar refractivity (Wildman–Crippen MR) is 46.5 cm³/mol. The van der Waals surface area contributed by atoms with Gasteiger partial charge in [0.2, 0.25) is 5.91 Å². The van der Waals surface area contributed by atoms with Crippen molar-refractivity contribution in [3.63, 3.8) is 0 Å². The molecule has 13 heavy (non-hydrogen) atoms. The molecule has 0 bridgehead atoms. The van der Waals surface area contributed by atoms with Crippen LogP contribution in [0.1, 0.15) is 24.4 Å². The van der Waals surface area contributed by atoms with Gasteiger partial charge in [-0.3, -0.25) is 4.79 Å². The van der Waals surface area contributed by atoms with Crippen molar-refractivity contribution in [3.05, 3.63) is 35.6 Å². The van der Waals surface area contributed by atoms with Crippen molar-refractivity contribution in [3.8, 4) is 0 Å². The maximum Gasteiger partial charge on any atom is 0.220 e. The zero-order chi connectivity index (χ0) is 9.26. The molecule has 1 aromatic rings. The van der Waals surface area contributed by atoms with Gasteiger partial charge in [0.25, 0.3) is 0 Å². The molecule has 0 aliphatic carbocycles. The highest BCUT2D eigenvalue weighted by Crippen LogP contribution is 2.23. The molecule has 1 aliphatic rings. The van der Waals surface area contributed by atoms with Crippen LogP contribution in [0.15, 0.2) is 24.3 Å². The standard InChI is InChI=1S/C10H10FNO/c11-8-3-1-7(2-4-8)9-5-6-10(13)12-9/h1-4,9H,5-6H2,(H,12,13)/t9-/m0/s1. The number of hydrogen-bond donors (Lipinski definition) is 1. The fourth-order valence-corrected chi connectivity index (χ4v) is 1.56. The summed E-state index contributed by atoms with van der Waals surface area (Å²) in [6.45, 7) is 0. The summed E-state index contributed by atoms with van der Waals surface area (Å²) in [4.78, 5) is 10.9. The van der Waals surface area contributed by atoms with Gasteiger partial charge in [0.05, 0.1) is 6.04 Å². The fraction of sp³-hybridized carbons (Fsp3) is 0.300. The summed E-state index contributed by atoms with van der Waals surface area (Å²) in [5, 5.41) is 2.83. The monoisotopic (exact) mass is 179 g/mol. The number of amides is 1. The second kappa shape index (κ2) is 3.17. The molecule has 68 valence electrons. The van der Waals surface area contributed by atoms with Gasteiger partial charge in [0, 0.05) is 6.42 Å². The summed E-state index contributed by atoms with van der Waals surface area (Å²) in [6, 6.07) is 6.34. The summed E-state index contributed by atoms with van der Waals surface area (Å²) < 4.78 is 12.6. The Balaban J connectivity index is 2.17. The number of hydrogen-bond acceptors (Lipinski definition) is 1. The first kappa shape index (κ1) is 8.23. The van der Waals surface area contributed by atoms with Gasteiger partial charge in [-0.15, -0.1) is 0 Å². The Hall–Kier alpha value is -1.38. The van der Waals surface area contributed by atoms with Crippen molar-refractivity contribution in [1.82, 2.24) is 5.32 Å². The zero-order valence-corrected chi connectivity index (χ0v) is 7.09. The van der Waals surface area contributed by atoms with E-state index in [1.54, 1.807) is 12.1 Å². The second-order valence-corrected chi connectivity index (χ2v) is 3.21. The molecule has 0 spiro atoms. The lowest BCUT2D eigenvalue weighted by Gasteiger charge is -2.09. The Bertz CT molecular complexity index is 320. The van der Waals surface area contributed by atoms with Crippen LogP contribution in [0.2, 0.25) is 0 Å². The summed E-state index contributed by atoms with van der Waals surface area (Å²) in [7, 11) is 0. The van der Waals surface area contributed by atoms with Crippen LogP contribution < -0.4 is 5.32 Å². The SMILES string of the molecule is O=C1CC[C@@H](c2ccc(F)cc2)N1. The molecule has 2 nitrogen and oxygen atoms in total. The van der Waals surface area contributed by atoms with Crippen molar-refractivity contribution in [2.24, 2.45) is 0 Å². The molecule has 0 aromatic heterocycles. The van der Waals surface area contributed by atoms with Gasteiger partial charge in [-0.25, -0.2) is 4.39 Å². The number of carbonyl (C=O) groups is 1. The van der Waals surface area contributed by atoms with Crippen LogP contribution in [0, 0.1) is 5.82 Å². The van der Waals surface area contributed by atoms with E-state index in [2.05, 4.69) is 5.32 Å². The molecule has 1 fully saturated rings. The highest BCUT2D eigenvalue weighted by atomic mass is 19.1. The molecule has 1 saturated heterocycles. The zero-order valence-electron chi connectivity index (χ0n) is 7.09. The van der Waals surface area contributed by atoms with Crippen LogP contribution in [-0.2, 0) is 4.79 Å². The lowest BCUT2D eigenvalue weighted by Crippen LogP contribution is -2.18. The third-order valence-electron chi connectivity index (χ3n) is 2.27. The van der Waals surface area contributed by atoms with Crippen LogP contribution in [0.25, 0.3) is 0 Å². The number of carbonyl (C=O) groups excluding carboxylic acids is 1. The second-order valence-electron chi connectivity index (χ2n) is 3.21. The van der Waals surface area contributed by atoms with Crippen molar-refractivity contribution in [2.75, 3.05) is 0 Å². The predicted octanol–water partition coefficient (Wildman–Crippen LogP) is 1.78. The van der Waals surface area contributed by atoms with Gasteiger partial charge in [0.15, 0.2) is 0 Å². The Morgan fingerprint density at radius 1 is 1.31 bits per heavy atom. The number of benzene rings is 1. The van der Waals surface area contributed by atoms with Crippen molar-refractivity contribution >= 4 is 5.91 Å². The fourth-order valence-electron chi connectivity index (χ4n) is 1.56. The topological polar surface area (TPSA) is 29.1 Å². The van der Waals surface area contributed by atoms with Gasteiger partial charge < -0.3 is 5.32 Å². The normalized spacial score (nSPS) is 21.6. The van der Waals surface area contributed by atoms with E-state index >= 15 is 0 Å². The first-order chi connectivity index (χ1) is 6.25. The molecule has 3 heteroatoms. The molecule has 2 rings (SSSR count). The summed E-state index contributed by atoms with van der Waals surface area (Å²) in [6.07, 6.45) is 1.38. The highest BCUT2D eigenvalue weighted by molar-refractivity contribution is 5.78. The van der Waals surface area contributed by atoms with E-state index < -0.39 is 0 Å². The lowest BCUT2D eigenvalue weighted by molar-refractivity contribution is -0.119. The van der Waals surface area contributed by atoms with Crippen LogP contribution in [0.4, 0.5) is 4.39 Å². The van der Waals surface area contributed by atoms with Crippen LogP contribution in [0.5, 0.6) is 0 Å². The molecule has 1 heterocycles. The summed E-state index contributed by atoms with van der Waals surface area (Å²) in [5.41, 5.74) is 0.979. The van der Waals surface area contributed by atoms with Gasteiger partial charge in [-0.1, -0.05) is 12.1 Å². The lowest BCUT2D eigenvalue weighted by atomic mass is 10.1. The molecule has 1 aliphatic heterocycles. The average Bonchev–Trinajstić information content (AvgIpc) is 2.53. The molecule has 1 N–H and O–H groups in total.